The van der Waals surface area contributed by atoms with Crippen molar-refractivity contribution in [2.45, 2.75) is 19.4 Å². The fourth-order valence-corrected chi connectivity index (χ4v) is 3.65. The van der Waals surface area contributed by atoms with Gasteiger partial charge in [0.25, 0.3) is 0 Å². The Labute approximate surface area is 138 Å². The number of hydrogen-bond acceptors (Lipinski definition) is 4. The van der Waals surface area contributed by atoms with Crippen molar-refractivity contribution in [1.29, 1.82) is 0 Å². The first-order valence-electron chi connectivity index (χ1n) is 7.67. The Morgan fingerprint density at radius 3 is 2.70 bits per heavy atom. The molecule has 23 heavy (non-hydrogen) atoms. The van der Waals surface area contributed by atoms with Gasteiger partial charge in [0.15, 0.2) is 0 Å². The Balaban J connectivity index is 1.43. The van der Waals surface area contributed by atoms with Crippen molar-refractivity contribution in [1.82, 2.24) is 4.98 Å². The molecule has 5 heteroatoms. The summed E-state index contributed by atoms with van der Waals surface area (Å²) in [4.78, 5) is 18.1. The summed E-state index contributed by atoms with van der Waals surface area (Å²) in [7, 11) is 0. The van der Waals surface area contributed by atoms with E-state index in [2.05, 4.69) is 11.1 Å². The Bertz CT molecular complexity index is 809. The zero-order valence-electron chi connectivity index (χ0n) is 12.6. The molecule has 1 aliphatic heterocycles. The number of amides is 1. The van der Waals surface area contributed by atoms with Crippen molar-refractivity contribution in [2.24, 2.45) is 0 Å². The van der Waals surface area contributed by atoms with E-state index >= 15 is 0 Å². The molecule has 0 bridgehead atoms. The van der Waals surface area contributed by atoms with E-state index in [0.29, 0.717) is 13.0 Å². The molecule has 2 heterocycles. The standard InChI is InChI=1S/C18H16N2O2S/c21-18-6-3-11-20(18)13-7-9-14(10-8-13)22-12-17-19-15-4-1-2-5-16(15)23-17/h1-2,4-5,7-10H,3,6,11-12H2. The molecule has 0 spiro atoms. The number of carbonyl (C=O) groups is 1. The number of ether oxygens (including phenoxy) is 1. The highest BCUT2D eigenvalue weighted by Gasteiger charge is 2.21. The molecule has 2 aromatic carbocycles. The van der Waals surface area contributed by atoms with Crippen LogP contribution in [0.5, 0.6) is 5.75 Å². The van der Waals surface area contributed by atoms with Gasteiger partial charge in [-0.25, -0.2) is 4.98 Å². The van der Waals surface area contributed by atoms with E-state index in [4.69, 9.17) is 4.74 Å². The highest BCUT2D eigenvalue weighted by molar-refractivity contribution is 7.18. The largest absolute Gasteiger partial charge is 0.486 e. The number of thiazole rings is 1. The van der Waals surface area contributed by atoms with Crippen LogP contribution in [0.25, 0.3) is 10.2 Å². The summed E-state index contributed by atoms with van der Waals surface area (Å²) in [6.07, 6.45) is 1.59. The fourth-order valence-electron chi connectivity index (χ4n) is 2.77. The topological polar surface area (TPSA) is 42.4 Å². The molecule has 116 valence electrons. The summed E-state index contributed by atoms with van der Waals surface area (Å²) in [5, 5.41) is 0.963. The van der Waals surface area contributed by atoms with Crippen LogP contribution in [0.15, 0.2) is 48.5 Å². The SMILES string of the molecule is O=C1CCCN1c1ccc(OCc2nc3ccccc3s2)cc1. The maximum atomic E-state index is 11.7. The minimum atomic E-state index is 0.202. The minimum Gasteiger partial charge on any atom is -0.486 e. The van der Waals surface area contributed by atoms with Gasteiger partial charge in [-0.2, -0.15) is 0 Å². The van der Waals surface area contributed by atoms with Gasteiger partial charge in [0, 0.05) is 18.7 Å². The number of aromatic nitrogens is 1. The lowest BCUT2D eigenvalue weighted by Gasteiger charge is -2.15. The number of fused-ring (bicyclic) bond motifs is 1. The molecule has 4 rings (SSSR count). The van der Waals surface area contributed by atoms with Crippen molar-refractivity contribution in [3.8, 4) is 5.75 Å². The molecule has 0 N–H and O–H groups in total. The van der Waals surface area contributed by atoms with Gasteiger partial charge in [-0.3, -0.25) is 4.79 Å². The number of para-hydroxylation sites is 1. The van der Waals surface area contributed by atoms with Crippen LogP contribution in [0.2, 0.25) is 0 Å². The summed E-state index contributed by atoms with van der Waals surface area (Å²) < 4.78 is 6.99. The molecule has 0 saturated carbocycles. The van der Waals surface area contributed by atoms with E-state index in [1.807, 2.05) is 47.4 Å². The van der Waals surface area contributed by atoms with Crippen LogP contribution in [-0.2, 0) is 11.4 Å². The van der Waals surface area contributed by atoms with Gasteiger partial charge in [-0.05, 0) is 42.8 Å². The average Bonchev–Trinajstić information content (AvgIpc) is 3.19. The monoisotopic (exact) mass is 324 g/mol. The van der Waals surface area contributed by atoms with Crippen LogP contribution < -0.4 is 9.64 Å². The van der Waals surface area contributed by atoms with E-state index < -0.39 is 0 Å². The zero-order valence-corrected chi connectivity index (χ0v) is 13.4. The summed E-state index contributed by atoms with van der Waals surface area (Å²) in [6, 6.07) is 15.8. The fraction of sp³-hybridized carbons (Fsp3) is 0.222. The minimum absolute atomic E-state index is 0.202. The van der Waals surface area contributed by atoms with Gasteiger partial charge in [-0.15, -0.1) is 11.3 Å². The molecule has 0 atom stereocenters. The van der Waals surface area contributed by atoms with Crippen molar-refractivity contribution >= 4 is 33.1 Å². The number of hydrogen-bond donors (Lipinski definition) is 0. The number of carbonyl (C=O) groups excluding carboxylic acids is 1. The first-order chi connectivity index (χ1) is 11.3. The molecule has 0 radical (unpaired) electrons. The van der Waals surface area contributed by atoms with Gasteiger partial charge in [0.05, 0.1) is 10.2 Å². The number of rotatable bonds is 4. The van der Waals surface area contributed by atoms with Crippen molar-refractivity contribution in [2.75, 3.05) is 11.4 Å². The van der Waals surface area contributed by atoms with Gasteiger partial charge >= 0.3 is 0 Å². The van der Waals surface area contributed by atoms with E-state index in [0.717, 1.165) is 34.9 Å². The van der Waals surface area contributed by atoms with E-state index in [1.54, 1.807) is 11.3 Å². The summed E-state index contributed by atoms with van der Waals surface area (Å²) in [5.74, 6) is 0.993. The van der Waals surface area contributed by atoms with Gasteiger partial charge < -0.3 is 9.64 Å². The third-order valence-electron chi connectivity index (χ3n) is 3.92. The molecule has 1 aromatic heterocycles. The first kappa shape index (κ1) is 14.2. The lowest BCUT2D eigenvalue weighted by atomic mass is 10.3. The second-order valence-corrected chi connectivity index (χ2v) is 6.62. The highest BCUT2D eigenvalue weighted by atomic mass is 32.1. The van der Waals surface area contributed by atoms with E-state index in [9.17, 15) is 4.79 Å². The lowest BCUT2D eigenvalue weighted by Crippen LogP contribution is -2.23. The van der Waals surface area contributed by atoms with E-state index in [-0.39, 0.29) is 5.91 Å². The zero-order chi connectivity index (χ0) is 15.6. The van der Waals surface area contributed by atoms with Crippen LogP contribution in [0.3, 0.4) is 0 Å². The van der Waals surface area contributed by atoms with Crippen molar-refractivity contribution in [3.05, 3.63) is 53.5 Å². The van der Waals surface area contributed by atoms with E-state index in [1.165, 1.54) is 4.70 Å². The summed E-state index contributed by atoms with van der Waals surface area (Å²) in [5.41, 5.74) is 1.96. The van der Waals surface area contributed by atoms with Crippen LogP contribution >= 0.6 is 11.3 Å². The first-order valence-corrected chi connectivity index (χ1v) is 8.49. The Morgan fingerprint density at radius 1 is 1.13 bits per heavy atom. The smallest absolute Gasteiger partial charge is 0.227 e. The number of nitrogens with zero attached hydrogens (tertiary/aromatic N) is 2. The second-order valence-electron chi connectivity index (χ2n) is 5.51. The average molecular weight is 324 g/mol. The van der Waals surface area contributed by atoms with Gasteiger partial charge in [0.1, 0.15) is 17.4 Å². The summed E-state index contributed by atoms with van der Waals surface area (Å²) in [6.45, 7) is 1.27. The van der Waals surface area contributed by atoms with Gasteiger partial charge in [-0.1, -0.05) is 12.1 Å². The predicted molar refractivity (Wildman–Crippen MR) is 92.0 cm³/mol. The molecule has 0 aliphatic carbocycles. The van der Waals surface area contributed by atoms with Crippen molar-refractivity contribution in [3.63, 3.8) is 0 Å². The molecular weight excluding hydrogens is 308 g/mol. The molecule has 1 aliphatic rings. The maximum absolute atomic E-state index is 11.7. The predicted octanol–water partition coefficient (Wildman–Crippen LogP) is 4.00. The normalized spacial score (nSPS) is 14.6. The van der Waals surface area contributed by atoms with Crippen molar-refractivity contribution < 1.29 is 9.53 Å². The number of benzene rings is 2. The molecule has 0 unspecified atom stereocenters. The third-order valence-corrected chi connectivity index (χ3v) is 4.93. The molecule has 1 fully saturated rings. The Kier molecular flexibility index (Phi) is 3.71. The Hall–Kier alpha value is -2.40. The molecule has 4 nitrogen and oxygen atoms in total. The van der Waals surface area contributed by atoms with Gasteiger partial charge in [0.2, 0.25) is 5.91 Å². The molecule has 1 amide bonds. The quantitative estimate of drug-likeness (QED) is 0.728. The Morgan fingerprint density at radius 2 is 1.96 bits per heavy atom. The molecular formula is C18H16N2O2S. The van der Waals surface area contributed by atoms with Crippen LogP contribution in [0.1, 0.15) is 17.8 Å². The highest BCUT2D eigenvalue weighted by Crippen LogP contribution is 2.26. The second kappa shape index (κ2) is 6.01. The molecule has 3 aromatic rings. The molecule has 1 saturated heterocycles. The lowest BCUT2D eigenvalue weighted by molar-refractivity contribution is -0.117. The van der Waals surface area contributed by atoms with Crippen LogP contribution in [0.4, 0.5) is 5.69 Å². The third kappa shape index (κ3) is 2.92. The summed E-state index contributed by atoms with van der Waals surface area (Å²) >= 11 is 1.65. The van der Waals surface area contributed by atoms with Crippen LogP contribution in [0, 0.1) is 0 Å². The maximum Gasteiger partial charge on any atom is 0.227 e. The number of anilines is 1. The van der Waals surface area contributed by atoms with Crippen LogP contribution in [-0.4, -0.2) is 17.4 Å².